The molecule has 3 heterocycles. The molecule has 15 rings (SSSR count). The van der Waals surface area contributed by atoms with Crippen molar-refractivity contribution in [3.63, 3.8) is 0 Å². The Morgan fingerprint density at radius 1 is 0.233 bits per heavy atom. The molecule has 15 aromatic rings. The van der Waals surface area contributed by atoms with E-state index in [-0.39, 0.29) is 0 Å². The number of anilines is 6. The smallest absolute Gasteiger partial charge is 0.159 e. The molecule has 0 aliphatic rings. The molecule has 342 valence electrons. The molecule has 0 bridgehead atoms. The van der Waals surface area contributed by atoms with Gasteiger partial charge in [0.25, 0.3) is 0 Å². The third-order valence-corrected chi connectivity index (χ3v) is 14.6. The molecule has 73 heavy (non-hydrogen) atoms. The fourth-order valence-electron chi connectivity index (χ4n) is 11.4. The number of nitrogens with zero attached hydrogens (tertiary/aromatic N) is 2. The molecule has 0 atom stereocenters. The Morgan fingerprint density at radius 3 is 1.11 bits per heavy atom. The summed E-state index contributed by atoms with van der Waals surface area (Å²) in [6, 6.07) is 89.9. The molecule has 0 radical (unpaired) electrons. The van der Waals surface area contributed by atoms with Crippen molar-refractivity contribution >= 4 is 121 Å². The fourth-order valence-corrected chi connectivity index (χ4v) is 11.4. The molecule has 5 heteroatoms. The summed E-state index contributed by atoms with van der Waals surface area (Å²) in [5.74, 6) is 0. The Hall–Kier alpha value is -9.84. The number of benzene rings is 12. The third-order valence-electron chi connectivity index (χ3n) is 14.6. The molecular weight excluding hydrogens is 893 g/mol. The van der Waals surface area contributed by atoms with Crippen LogP contribution in [0.25, 0.3) is 110 Å². The molecule has 5 nitrogen and oxygen atoms in total. The van der Waals surface area contributed by atoms with E-state index in [1.165, 1.54) is 0 Å². The Labute approximate surface area is 419 Å². The molecule has 0 N–H and O–H groups in total. The largest absolute Gasteiger partial charge is 0.455 e. The lowest BCUT2D eigenvalue weighted by atomic mass is 9.97. The number of rotatable bonds is 8. The molecular formula is C68H42N2O3. The molecule has 0 saturated carbocycles. The highest BCUT2D eigenvalue weighted by molar-refractivity contribution is 6.28. The molecule has 0 saturated heterocycles. The van der Waals surface area contributed by atoms with Crippen molar-refractivity contribution in [1.29, 1.82) is 0 Å². The predicted octanol–water partition coefficient (Wildman–Crippen LogP) is 20.0. The van der Waals surface area contributed by atoms with Crippen molar-refractivity contribution in [2.24, 2.45) is 0 Å². The van der Waals surface area contributed by atoms with Crippen molar-refractivity contribution in [2.75, 3.05) is 9.80 Å². The average Bonchev–Trinajstić information content (AvgIpc) is 4.17. The summed E-state index contributed by atoms with van der Waals surface area (Å²) in [5.41, 5.74) is 15.2. The van der Waals surface area contributed by atoms with E-state index in [0.29, 0.717) is 0 Å². The highest BCUT2D eigenvalue weighted by Gasteiger charge is 2.28. The first-order valence-electron chi connectivity index (χ1n) is 24.7. The van der Waals surface area contributed by atoms with Crippen LogP contribution in [0, 0.1) is 0 Å². The van der Waals surface area contributed by atoms with Gasteiger partial charge in [0.2, 0.25) is 0 Å². The van der Waals surface area contributed by atoms with Crippen molar-refractivity contribution in [3.05, 3.63) is 255 Å². The standard InChI is InChI=1S/C68H42N2O3/c1-5-21-43(22-6-1)47-33-17-35-53-55-37-19-39-58(67(55)72-64(47)53)69(45-25-9-3-10-26-45)60-41-57-63-51-31-15-13-29-49(51)61(42-62(63)71-66(57)52-32-16-14-30-50(52)60)70(46-27-11-4-12-28-46)59-40-20-38-56-54-36-18-34-48(65(54)73-68(56)59)44-23-7-2-8-24-44/h1-42H. The highest BCUT2D eigenvalue weighted by atomic mass is 16.3. The van der Waals surface area contributed by atoms with Gasteiger partial charge in [0, 0.05) is 77.0 Å². The van der Waals surface area contributed by atoms with Gasteiger partial charge in [0.15, 0.2) is 11.2 Å². The van der Waals surface area contributed by atoms with Crippen LogP contribution in [-0.2, 0) is 0 Å². The number of fused-ring (bicyclic) bond motifs is 13. The molecule has 0 amide bonds. The Kier molecular flexibility index (Phi) is 9.19. The summed E-state index contributed by atoms with van der Waals surface area (Å²) in [7, 11) is 0. The van der Waals surface area contributed by atoms with E-state index in [9.17, 15) is 0 Å². The molecule has 3 aromatic heterocycles. The second-order valence-electron chi connectivity index (χ2n) is 18.7. The Morgan fingerprint density at radius 2 is 0.603 bits per heavy atom. The van der Waals surface area contributed by atoms with Crippen molar-refractivity contribution in [3.8, 4) is 22.3 Å². The van der Waals surface area contributed by atoms with E-state index in [0.717, 1.165) is 144 Å². The van der Waals surface area contributed by atoms with Crippen LogP contribution in [0.5, 0.6) is 0 Å². The summed E-state index contributed by atoms with van der Waals surface area (Å²) >= 11 is 0. The lowest BCUT2D eigenvalue weighted by Gasteiger charge is -2.27. The predicted molar refractivity (Wildman–Crippen MR) is 304 cm³/mol. The maximum Gasteiger partial charge on any atom is 0.159 e. The zero-order chi connectivity index (χ0) is 48.0. The van der Waals surface area contributed by atoms with Crippen LogP contribution in [0.3, 0.4) is 0 Å². The van der Waals surface area contributed by atoms with Crippen LogP contribution in [0.1, 0.15) is 0 Å². The SMILES string of the molecule is c1ccc(-c2cccc3c2oc2c(N(c4ccccc4)c4cc5c(oc6cc(N(c7ccccc7)c7cccc8c7oc7c(-c9ccccc9)cccc78)c7ccccc7c65)c5ccccc45)cccc23)cc1. The molecule has 0 spiro atoms. The van der Waals surface area contributed by atoms with Crippen LogP contribution < -0.4 is 9.80 Å². The van der Waals surface area contributed by atoms with Crippen LogP contribution in [0.15, 0.2) is 268 Å². The first kappa shape index (κ1) is 41.0. The maximum absolute atomic E-state index is 7.26. The van der Waals surface area contributed by atoms with Gasteiger partial charge in [0.1, 0.15) is 22.3 Å². The zero-order valence-corrected chi connectivity index (χ0v) is 39.4. The fraction of sp³-hybridized carbons (Fsp3) is 0. The van der Waals surface area contributed by atoms with Gasteiger partial charge in [-0.15, -0.1) is 0 Å². The van der Waals surface area contributed by atoms with Crippen LogP contribution in [0.4, 0.5) is 34.1 Å². The summed E-state index contributed by atoms with van der Waals surface area (Å²) in [6.45, 7) is 0. The van der Waals surface area contributed by atoms with Gasteiger partial charge in [-0.3, -0.25) is 0 Å². The lowest BCUT2D eigenvalue weighted by Crippen LogP contribution is -2.11. The lowest BCUT2D eigenvalue weighted by molar-refractivity contribution is 0.669. The summed E-state index contributed by atoms with van der Waals surface area (Å²) in [4.78, 5) is 4.69. The molecule has 0 unspecified atom stereocenters. The topological polar surface area (TPSA) is 45.9 Å². The van der Waals surface area contributed by atoms with Crippen molar-refractivity contribution in [2.45, 2.75) is 0 Å². The summed E-state index contributed by atoms with van der Waals surface area (Å²) < 4.78 is 21.5. The van der Waals surface area contributed by atoms with E-state index < -0.39 is 0 Å². The molecule has 12 aromatic carbocycles. The van der Waals surface area contributed by atoms with Gasteiger partial charge >= 0.3 is 0 Å². The monoisotopic (exact) mass is 934 g/mol. The van der Waals surface area contributed by atoms with Crippen LogP contribution in [0.2, 0.25) is 0 Å². The highest BCUT2D eigenvalue weighted by Crippen LogP contribution is 2.52. The zero-order valence-electron chi connectivity index (χ0n) is 39.4. The van der Waals surface area contributed by atoms with Gasteiger partial charge in [-0.2, -0.15) is 0 Å². The van der Waals surface area contributed by atoms with Crippen LogP contribution in [-0.4, -0.2) is 0 Å². The van der Waals surface area contributed by atoms with Gasteiger partial charge in [0.05, 0.1) is 22.7 Å². The molecule has 0 aliphatic carbocycles. The van der Waals surface area contributed by atoms with Gasteiger partial charge in [-0.1, -0.05) is 206 Å². The van der Waals surface area contributed by atoms with Crippen molar-refractivity contribution in [1.82, 2.24) is 0 Å². The number of para-hydroxylation sites is 6. The first-order chi connectivity index (χ1) is 36.2. The average molecular weight is 935 g/mol. The van der Waals surface area contributed by atoms with Crippen LogP contribution >= 0.6 is 0 Å². The molecule has 0 aliphatic heterocycles. The van der Waals surface area contributed by atoms with E-state index in [4.69, 9.17) is 13.3 Å². The normalized spacial score (nSPS) is 11.8. The minimum Gasteiger partial charge on any atom is -0.455 e. The van der Waals surface area contributed by atoms with E-state index in [1.807, 2.05) is 6.07 Å². The Bertz CT molecular complexity index is 4610. The third kappa shape index (κ3) is 6.35. The number of hydrogen-bond donors (Lipinski definition) is 0. The van der Waals surface area contributed by atoms with Gasteiger partial charge in [-0.05, 0) is 59.0 Å². The Balaban J connectivity index is 0.985. The first-order valence-corrected chi connectivity index (χ1v) is 24.7. The maximum atomic E-state index is 7.26. The summed E-state index contributed by atoms with van der Waals surface area (Å²) in [5, 5.41) is 10.6. The quantitative estimate of drug-likeness (QED) is 0.152. The summed E-state index contributed by atoms with van der Waals surface area (Å²) in [6.07, 6.45) is 0. The minimum absolute atomic E-state index is 0.786. The van der Waals surface area contributed by atoms with Gasteiger partial charge < -0.3 is 23.1 Å². The van der Waals surface area contributed by atoms with E-state index in [2.05, 4.69) is 259 Å². The number of hydrogen-bond acceptors (Lipinski definition) is 5. The van der Waals surface area contributed by atoms with E-state index >= 15 is 0 Å². The van der Waals surface area contributed by atoms with Crippen molar-refractivity contribution < 1.29 is 13.3 Å². The number of furan rings is 3. The second-order valence-corrected chi connectivity index (χ2v) is 18.7. The van der Waals surface area contributed by atoms with E-state index in [1.54, 1.807) is 0 Å². The van der Waals surface area contributed by atoms with Gasteiger partial charge in [-0.25, -0.2) is 0 Å². The molecule has 0 fully saturated rings. The minimum atomic E-state index is 0.786. The second kappa shape index (κ2) is 16.4.